The van der Waals surface area contributed by atoms with Crippen LogP contribution in [0.2, 0.25) is 0 Å². The molecule has 0 radical (unpaired) electrons. The molecule has 104 valence electrons. The maximum Gasteiger partial charge on any atom is 0.0900 e. The number of aromatic nitrogens is 2. The molecule has 1 rings (SSSR count). The molecule has 0 saturated carbocycles. The van der Waals surface area contributed by atoms with Crippen molar-refractivity contribution in [1.82, 2.24) is 14.7 Å². The van der Waals surface area contributed by atoms with Gasteiger partial charge in [-0.1, -0.05) is 0 Å². The van der Waals surface area contributed by atoms with Gasteiger partial charge < -0.3 is 9.84 Å². The van der Waals surface area contributed by atoms with E-state index in [4.69, 9.17) is 4.74 Å². The van der Waals surface area contributed by atoms with E-state index in [0.717, 1.165) is 18.8 Å². The molecule has 18 heavy (non-hydrogen) atoms. The number of hydrogen-bond donors (Lipinski definition) is 1. The zero-order chi connectivity index (χ0) is 13.7. The van der Waals surface area contributed by atoms with E-state index in [1.807, 2.05) is 18.7 Å². The van der Waals surface area contributed by atoms with Crippen LogP contribution in [0.15, 0.2) is 0 Å². The summed E-state index contributed by atoms with van der Waals surface area (Å²) in [5.41, 5.74) is 3.54. The number of likely N-dealkylation sites (N-methyl/N-ethyl adjacent to an activating group) is 1. The molecule has 0 spiro atoms. The Morgan fingerprint density at radius 3 is 2.61 bits per heavy atom. The fourth-order valence-corrected chi connectivity index (χ4v) is 2.21. The fraction of sp³-hybridized carbons (Fsp3) is 0.769. The van der Waals surface area contributed by atoms with Gasteiger partial charge >= 0.3 is 0 Å². The van der Waals surface area contributed by atoms with Crippen LogP contribution in [0.3, 0.4) is 0 Å². The molecule has 0 aliphatic carbocycles. The Morgan fingerprint density at radius 1 is 1.44 bits per heavy atom. The minimum Gasteiger partial charge on any atom is -0.389 e. The van der Waals surface area contributed by atoms with E-state index in [1.54, 1.807) is 7.11 Å². The number of rotatable bonds is 7. The topological polar surface area (TPSA) is 50.5 Å². The van der Waals surface area contributed by atoms with E-state index in [9.17, 15) is 5.11 Å². The third-order valence-corrected chi connectivity index (χ3v) is 3.14. The minimum atomic E-state index is -0.443. The molecular formula is C13H25N3O2. The molecule has 1 atom stereocenters. The lowest BCUT2D eigenvalue weighted by Crippen LogP contribution is -2.31. The number of ether oxygens (including phenoxy) is 1. The van der Waals surface area contributed by atoms with Crippen LogP contribution in [-0.2, 0) is 17.8 Å². The number of aryl methyl sites for hydroxylation is 2. The first-order valence-electron chi connectivity index (χ1n) is 6.38. The van der Waals surface area contributed by atoms with Crippen LogP contribution in [0.5, 0.6) is 0 Å². The Labute approximate surface area is 109 Å². The van der Waals surface area contributed by atoms with Gasteiger partial charge in [0.25, 0.3) is 0 Å². The maximum absolute atomic E-state index is 9.70. The van der Waals surface area contributed by atoms with Gasteiger partial charge in [-0.2, -0.15) is 5.10 Å². The lowest BCUT2D eigenvalue weighted by molar-refractivity contribution is 0.0418. The van der Waals surface area contributed by atoms with Crippen LogP contribution in [0, 0.1) is 13.8 Å². The van der Waals surface area contributed by atoms with Gasteiger partial charge in [-0.05, 0) is 27.8 Å². The van der Waals surface area contributed by atoms with Crippen molar-refractivity contribution in [3.05, 3.63) is 17.0 Å². The molecule has 0 bridgehead atoms. The van der Waals surface area contributed by atoms with Crippen molar-refractivity contribution in [2.24, 2.45) is 0 Å². The third-order valence-electron chi connectivity index (χ3n) is 3.14. The summed E-state index contributed by atoms with van der Waals surface area (Å²) in [4.78, 5) is 2.10. The molecule has 1 heterocycles. The van der Waals surface area contributed by atoms with Crippen molar-refractivity contribution in [2.75, 3.05) is 27.3 Å². The van der Waals surface area contributed by atoms with Crippen molar-refractivity contribution in [2.45, 2.75) is 40.0 Å². The molecule has 0 aliphatic heterocycles. The average Bonchev–Trinajstić information content (AvgIpc) is 2.56. The quantitative estimate of drug-likeness (QED) is 0.788. The summed E-state index contributed by atoms with van der Waals surface area (Å²) < 4.78 is 6.95. The smallest absolute Gasteiger partial charge is 0.0900 e. The van der Waals surface area contributed by atoms with Gasteiger partial charge in [0, 0.05) is 38.0 Å². The molecule has 1 aromatic rings. The van der Waals surface area contributed by atoms with Crippen molar-refractivity contribution in [3.63, 3.8) is 0 Å². The van der Waals surface area contributed by atoms with Crippen molar-refractivity contribution >= 4 is 0 Å². The molecular weight excluding hydrogens is 230 g/mol. The molecule has 5 nitrogen and oxygen atoms in total. The molecule has 0 saturated heterocycles. The number of aliphatic hydroxyl groups excluding tert-OH is 1. The summed E-state index contributed by atoms with van der Waals surface area (Å²) in [7, 11) is 3.60. The Balaban J connectivity index is 2.64. The standard InChI is InChI=1S/C13H25N3O2/c1-6-16-11(3)13(10(2)14-16)8-15(4)7-12(17)9-18-5/h12,17H,6-9H2,1-5H3. The molecule has 0 fully saturated rings. The number of hydrogen-bond acceptors (Lipinski definition) is 4. The second-order valence-corrected chi connectivity index (χ2v) is 4.77. The van der Waals surface area contributed by atoms with Crippen molar-refractivity contribution in [1.29, 1.82) is 0 Å². The highest BCUT2D eigenvalue weighted by atomic mass is 16.5. The van der Waals surface area contributed by atoms with Gasteiger partial charge in [-0.15, -0.1) is 0 Å². The summed E-state index contributed by atoms with van der Waals surface area (Å²) in [6.45, 7) is 8.89. The summed E-state index contributed by atoms with van der Waals surface area (Å²) in [5, 5.41) is 14.2. The first-order chi connectivity index (χ1) is 8.49. The van der Waals surface area contributed by atoms with Gasteiger partial charge in [0.15, 0.2) is 0 Å². The Morgan fingerprint density at radius 2 is 2.11 bits per heavy atom. The molecule has 1 N–H and O–H groups in total. The molecule has 5 heteroatoms. The van der Waals surface area contributed by atoms with Gasteiger partial charge in [-0.25, -0.2) is 0 Å². The summed E-state index contributed by atoms with van der Waals surface area (Å²) in [6, 6.07) is 0. The second kappa shape index (κ2) is 6.87. The highest BCUT2D eigenvalue weighted by molar-refractivity contribution is 5.24. The summed E-state index contributed by atoms with van der Waals surface area (Å²) >= 11 is 0. The summed E-state index contributed by atoms with van der Waals surface area (Å²) in [5.74, 6) is 0. The molecule has 0 aliphatic rings. The van der Waals surface area contributed by atoms with Crippen LogP contribution in [-0.4, -0.2) is 53.2 Å². The Bertz CT molecular complexity index is 377. The number of methoxy groups -OCH3 is 1. The molecule has 1 unspecified atom stereocenters. The normalized spacial score (nSPS) is 13.3. The third kappa shape index (κ3) is 3.80. The predicted molar refractivity (Wildman–Crippen MR) is 71.6 cm³/mol. The average molecular weight is 255 g/mol. The van der Waals surface area contributed by atoms with Crippen LogP contribution >= 0.6 is 0 Å². The molecule has 0 aromatic carbocycles. The number of aliphatic hydroxyl groups is 1. The van der Waals surface area contributed by atoms with E-state index in [-0.39, 0.29) is 0 Å². The SMILES string of the molecule is CCn1nc(C)c(CN(C)CC(O)COC)c1C. The van der Waals surface area contributed by atoms with Gasteiger partial charge in [0.2, 0.25) is 0 Å². The second-order valence-electron chi connectivity index (χ2n) is 4.77. The largest absolute Gasteiger partial charge is 0.389 e. The van der Waals surface area contributed by atoms with Crippen LogP contribution in [0.4, 0.5) is 0 Å². The van der Waals surface area contributed by atoms with E-state index in [1.165, 1.54) is 11.3 Å². The number of nitrogens with zero attached hydrogens (tertiary/aromatic N) is 3. The minimum absolute atomic E-state index is 0.372. The maximum atomic E-state index is 9.70. The first-order valence-corrected chi connectivity index (χ1v) is 6.38. The zero-order valence-electron chi connectivity index (χ0n) is 12.1. The van der Waals surface area contributed by atoms with Crippen LogP contribution in [0.1, 0.15) is 23.9 Å². The lowest BCUT2D eigenvalue weighted by atomic mass is 10.2. The lowest BCUT2D eigenvalue weighted by Gasteiger charge is -2.20. The van der Waals surface area contributed by atoms with Crippen LogP contribution in [0.25, 0.3) is 0 Å². The van der Waals surface area contributed by atoms with Gasteiger partial charge in [0.1, 0.15) is 0 Å². The zero-order valence-corrected chi connectivity index (χ0v) is 12.1. The Kier molecular flexibility index (Phi) is 5.78. The highest BCUT2D eigenvalue weighted by Crippen LogP contribution is 2.15. The monoisotopic (exact) mass is 255 g/mol. The first kappa shape index (κ1) is 15.1. The fourth-order valence-electron chi connectivity index (χ4n) is 2.21. The Hall–Kier alpha value is -0.910. The van der Waals surface area contributed by atoms with E-state index < -0.39 is 6.10 Å². The van der Waals surface area contributed by atoms with Crippen molar-refractivity contribution < 1.29 is 9.84 Å². The summed E-state index contributed by atoms with van der Waals surface area (Å²) in [6.07, 6.45) is -0.443. The van der Waals surface area contributed by atoms with Crippen LogP contribution < -0.4 is 0 Å². The molecule has 0 amide bonds. The van der Waals surface area contributed by atoms with Gasteiger partial charge in [-0.3, -0.25) is 9.58 Å². The van der Waals surface area contributed by atoms with E-state index in [0.29, 0.717) is 13.2 Å². The highest BCUT2D eigenvalue weighted by Gasteiger charge is 2.14. The molecule has 1 aromatic heterocycles. The predicted octanol–water partition coefficient (Wildman–Crippen LogP) is 0.959. The van der Waals surface area contributed by atoms with Gasteiger partial charge in [0.05, 0.1) is 18.4 Å². The van der Waals surface area contributed by atoms with E-state index in [2.05, 4.69) is 23.8 Å². The van der Waals surface area contributed by atoms with Crippen molar-refractivity contribution in [3.8, 4) is 0 Å². The van der Waals surface area contributed by atoms with E-state index >= 15 is 0 Å².